The van der Waals surface area contributed by atoms with E-state index >= 15 is 0 Å². The molecule has 2 heterocycles. The highest BCUT2D eigenvalue weighted by Gasteiger charge is 2.19. The minimum Gasteiger partial charge on any atom is -0.468 e. The Labute approximate surface area is 99.4 Å². The smallest absolute Gasteiger partial charge is 0.257 e. The minimum absolute atomic E-state index is 0.0811. The molecule has 0 unspecified atom stereocenters. The standard InChI is InChI=1S/C11H16N2O2S/c1-16-8-10-6-9(7-15-10)11(14)13-4-2-12-3-5-13/h6-7,12H,2-5,8H2,1H3. The second-order valence-electron chi connectivity index (χ2n) is 3.78. The maximum Gasteiger partial charge on any atom is 0.257 e. The molecule has 1 fully saturated rings. The Morgan fingerprint density at radius 3 is 3.00 bits per heavy atom. The maximum atomic E-state index is 12.0. The molecule has 16 heavy (non-hydrogen) atoms. The molecule has 0 spiro atoms. The Bertz CT molecular complexity index is 359. The minimum atomic E-state index is 0.0811. The molecule has 0 aliphatic carbocycles. The van der Waals surface area contributed by atoms with Crippen molar-refractivity contribution in [2.24, 2.45) is 0 Å². The van der Waals surface area contributed by atoms with Gasteiger partial charge in [-0.2, -0.15) is 11.8 Å². The normalized spacial score (nSPS) is 16.4. The van der Waals surface area contributed by atoms with Crippen LogP contribution in [0.2, 0.25) is 0 Å². The fraction of sp³-hybridized carbons (Fsp3) is 0.545. The summed E-state index contributed by atoms with van der Waals surface area (Å²) in [6.45, 7) is 3.31. The molecule has 0 atom stereocenters. The monoisotopic (exact) mass is 240 g/mol. The first-order valence-corrected chi connectivity index (χ1v) is 6.77. The van der Waals surface area contributed by atoms with Gasteiger partial charge in [-0.15, -0.1) is 0 Å². The molecule has 5 heteroatoms. The van der Waals surface area contributed by atoms with Crippen LogP contribution in [-0.2, 0) is 5.75 Å². The Morgan fingerprint density at radius 2 is 2.31 bits per heavy atom. The van der Waals surface area contributed by atoms with Crippen LogP contribution in [0, 0.1) is 0 Å². The molecule has 4 nitrogen and oxygen atoms in total. The fourth-order valence-electron chi connectivity index (χ4n) is 1.76. The summed E-state index contributed by atoms with van der Waals surface area (Å²) in [5, 5.41) is 3.23. The zero-order chi connectivity index (χ0) is 11.4. The summed E-state index contributed by atoms with van der Waals surface area (Å²) in [6, 6.07) is 1.85. The molecule has 0 saturated carbocycles. The first-order valence-electron chi connectivity index (χ1n) is 5.37. The average molecular weight is 240 g/mol. The lowest BCUT2D eigenvalue weighted by atomic mass is 10.2. The zero-order valence-electron chi connectivity index (χ0n) is 9.36. The average Bonchev–Trinajstić information content (AvgIpc) is 2.78. The lowest BCUT2D eigenvalue weighted by molar-refractivity contribution is 0.0735. The van der Waals surface area contributed by atoms with Crippen LogP contribution in [0.5, 0.6) is 0 Å². The van der Waals surface area contributed by atoms with Crippen molar-refractivity contribution < 1.29 is 9.21 Å². The van der Waals surface area contributed by atoms with Crippen molar-refractivity contribution >= 4 is 17.7 Å². The van der Waals surface area contributed by atoms with Gasteiger partial charge in [0.2, 0.25) is 0 Å². The van der Waals surface area contributed by atoms with Crippen LogP contribution in [0.25, 0.3) is 0 Å². The predicted molar refractivity (Wildman–Crippen MR) is 64.7 cm³/mol. The van der Waals surface area contributed by atoms with Crippen molar-refractivity contribution in [2.75, 3.05) is 32.4 Å². The molecular weight excluding hydrogens is 224 g/mol. The SMILES string of the molecule is CSCc1cc(C(=O)N2CCNCC2)co1. The topological polar surface area (TPSA) is 45.5 Å². The molecule has 0 bridgehead atoms. The number of thioether (sulfide) groups is 1. The molecular formula is C11H16N2O2S. The van der Waals surface area contributed by atoms with E-state index in [9.17, 15) is 4.79 Å². The van der Waals surface area contributed by atoms with Crippen molar-refractivity contribution in [1.82, 2.24) is 10.2 Å². The molecule has 1 aromatic rings. The molecule has 0 aromatic carbocycles. The van der Waals surface area contributed by atoms with Gasteiger partial charge in [0.1, 0.15) is 12.0 Å². The van der Waals surface area contributed by atoms with E-state index in [1.165, 1.54) is 0 Å². The van der Waals surface area contributed by atoms with Crippen molar-refractivity contribution in [1.29, 1.82) is 0 Å². The largest absolute Gasteiger partial charge is 0.468 e. The van der Waals surface area contributed by atoms with E-state index in [1.807, 2.05) is 17.2 Å². The molecule has 1 aromatic heterocycles. The number of rotatable bonds is 3. The highest BCUT2D eigenvalue weighted by atomic mass is 32.2. The summed E-state index contributed by atoms with van der Waals surface area (Å²) in [4.78, 5) is 13.9. The summed E-state index contributed by atoms with van der Waals surface area (Å²) in [5.41, 5.74) is 0.672. The van der Waals surface area contributed by atoms with Gasteiger partial charge in [-0.3, -0.25) is 4.79 Å². The van der Waals surface area contributed by atoms with Crippen LogP contribution in [0.1, 0.15) is 16.1 Å². The van der Waals surface area contributed by atoms with Crippen molar-refractivity contribution in [3.8, 4) is 0 Å². The first kappa shape index (κ1) is 11.5. The van der Waals surface area contributed by atoms with Gasteiger partial charge >= 0.3 is 0 Å². The molecule has 1 saturated heterocycles. The zero-order valence-corrected chi connectivity index (χ0v) is 10.2. The summed E-state index contributed by atoms with van der Waals surface area (Å²) >= 11 is 1.69. The summed E-state index contributed by atoms with van der Waals surface area (Å²) < 4.78 is 5.33. The lowest BCUT2D eigenvalue weighted by Crippen LogP contribution is -2.46. The molecule has 1 amide bonds. The third-order valence-electron chi connectivity index (χ3n) is 2.59. The third-order valence-corrected chi connectivity index (χ3v) is 3.16. The van der Waals surface area contributed by atoms with Crippen LogP contribution >= 0.6 is 11.8 Å². The lowest BCUT2D eigenvalue weighted by Gasteiger charge is -2.26. The number of hydrogen-bond acceptors (Lipinski definition) is 4. The number of piperazine rings is 1. The van der Waals surface area contributed by atoms with Crippen LogP contribution in [0.15, 0.2) is 16.7 Å². The van der Waals surface area contributed by atoms with Gasteiger partial charge in [0.15, 0.2) is 0 Å². The van der Waals surface area contributed by atoms with Gasteiger partial charge in [0.25, 0.3) is 5.91 Å². The fourth-order valence-corrected chi connectivity index (χ4v) is 2.20. The van der Waals surface area contributed by atoms with E-state index in [-0.39, 0.29) is 5.91 Å². The first-order chi connectivity index (χ1) is 7.81. The van der Waals surface area contributed by atoms with Crippen LogP contribution < -0.4 is 5.32 Å². The van der Waals surface area contributed by atoms with Crippen LogP contribution in [-0.4, -0.2) is 43.2 Å². The van der Waals surface area contributed by atoms with E-state index in [4.69, 9.17) is 4.42 Å². The van der Waals surface area contributed by atoms with Crippen LogP contribution in [0.3, 0.4) is 0 Å². The Balaban J connectivity index is 2.01. The van der Waals surface area contributed by atoms with Gasteiger partial charge < -0.3 is 14.6 Å². The highest BCUT2D eigenvalue weighted by molar-refractivity contribution is 7.97. The Kier molecular flexibility index (Phi) is 3.90. The van der Waals surface area contributed by atoms with Gasteiger partial charge in [0.05, 0.1) is 11.3 Å². The van der Waals surface area contributed by atoms with Gasteiger partial charge in [-0.1, -0.05) is 0 Å². The number of nitrogens with zero attached hydrogens (tertiary/aromatic N) is 1. The number of nitrogens with one attached hydrogen (secondary N) is 1. The summed E-state index contributed by atoms with van der Waals surface area (Å²) in [6.07, 6.45) is 3.58. The number of hydrogen-bond donors (Lipinski definition) is 1. The number of carbonyl (C=O) groups excluding carboxylic acids is 1. The second-order valence-corrected chi connectivity index (χ2v) is 4.64. The van der Waals surface area contributed by atoms with E-state index in [0.29, 0.717) is 5.56 Å². The van der Waals surface area contributed by atoms with Crippen molar-refractivity contribution in [2.45, 2.75) is 5.75 Å². The maximum absolute atomic E-state index is 12.0. The Morgan fingerprint density at radius 1 is 1.56 bits per heavy atom. The Hall–Kier alpha value is -0.940. The number of amides is 1. The van der Waals surface area contributed by atoms with E-state index < -0.39 is 0 Å². The third kappa shape index (κ3) is 2.59. The van der Waals surface area contributed by atoms with Gasteiger partial charge in [-0.05, 0) is 12.3 Å². The predicted octanol–water partition coefficient (Wildman–Crippen LogP) is 1.19. The second kappa shape index (κ2) is 5.41. The van der Waals surface area contributed by atoms with Crippen molar-refractivity contribution in [3.05, 3.63) is 23.7 Å². The summed E-state index contributed by atoms with van der Waals surface area (Å²) in [7, 11) is 0. The molecule has 1 aliphatic heterocycles. The quantitative estimate of drug-likeness (QED) is 0.862. The van der Waals surface area contributed by atoms with E-state index in [0.717, 1.165) is 37.7 Å². The van der Waals surface area contributed by atoms with E-state index in [2.05, 4.69) is 5.32 Å². The van der Waals surface area contributed by atoms with E-state index in [1.54, 1.807) is 18.0 Å². The molecule has 88 valence electrons. The molecule has 1 N–H and O–H groups in total. The molecule has 0 radical (unpaired) electrons. The highest BCUT2D eigenvalue weighted by Crippen LogP contribution is 2.15. The van der Waals surface area contributed by atoms with Crippen LogP contribution in [0.4, 0.5) is 0 Å². The van der Waals surface area contributed by atoms with Gasteiger partial charge in [0, 0.05) is 26.2 Å². The van der Waals surface area contributed by atoms with Crippen molar-refractivity contribution in [3.63, 3.8) is 0 Å². The number of carbonyl (C=O) groups is 1. The number of furan rings is 1. The summed E-state index contributed by atoms with van der Waals surface area (Å²) in [5.74, 6) is 1.76. The van der Waals surface area contributed by atoms with Gasteiger partial charge in [-0.25, -0.2) is 0 Å². The molecule has 2 rings (SSSR count). The molecule has 1 aliphatic rings.